The van der Waals surface area contributed by atoms with E-state index in [0.717, 1.165) is 0 Å². The molecule has 0 aliphatic heterocycles. The molecule has 2 aromatic heterocycles. The van der Waals surface area contributed by atoms with Gasteiger partial charge in [0.1, 0.15) is 6.26 Å². The predicted octanol–water partition coefficient (Wildman–Crippen LogP) is 2.37. The fourth-order valence-electron chi connectivity index (χ4n) is 1.03. The van der Waals surface area contributed by atoms with Gasteiger partial charge in [0.05, 0.1) is 5.69 Å². The molecule has 2 amide bonds. The van der Waals surface area contributed by atoms with E-state index in [4.69, 9.17) is 11.6 Å². The van der Waals surface area contributed by atoms with Gasteiger partial charge in [-0.05, 0) is 12.1 Å². The lowest BCUT2D eigenvalue weighted by Crippen LogP contribution is -2.19. The molecule has 82 valence electrons. The number of anilines is 2. The number of hydrogen-bond donors (Lipinski definition) is 2. The van der Waals surface area contributed by atoms with E-state index in [0.29, 0.717) is 11.5 Å². The Morgan fingerprint density at radius 1 is 1.38 bits per heavy atom. The third kappa shape index (κ3) is 2.48. The number of nitrogens with one attached hydrogen (secondary N) is 2. The van der Waals surface area contributed by atoms with Crippen molar-refractivity contribution in [3.8, 4) is 0 Å². The van der Waals surface area contributed by atoms with Crippen molar-refractivity contribution in [1.29, 1.82) is 0 Å². The number of hydrogen-bond acceptors (Lipinski definition) is 4. The molecule has 0 atom stereocenters. The van der Waals surface area contributed by atoms with Crippen molar-refractivity contribution in [3.05, 3.63) is 35.8 Å². The third-order valence-corrected chi connectivity index (χ3v) is 1.99. The fraction of sp³-hybridized carbons (Fsp3) is 0. The highest BCUT2D eigenvalue weighted by Gasteiger charge is 2.07. The number of urea groups is 1. The van der Waals surface area contributed by atoms with Crippen LogP contribution in [-0.2, 0) is 0 Å². The molecule has 0 bridgehead atoms. The summed E-state index contributed by atoms with van der Waals surface area (Å²) in [4.78, 5) is 15.3. The first-order chi connectivity index (χ1) is 7.75. The van der Waals surface area contributed by atoms with Gasteiger partial charge in [0.25, 0.3) is 0 Å². The van der Waals surface area contributed by atoms with Gasteiger partial charge in [-0.2, -0.15) is 0 Å². The van der Waals surface area contributed by atoms with Crippen LogP contribution in [0.3, 0.4) is 0 Å². The first kappa shape index (κ1) is 10.4. The second-order valence-corrected chi connectivity index (χ2v) is 3.16. The number of halogens is 1. The maximum Gasteiger partial charge on any atom is 0.325 e. The first-order valence-corrected chi connectivity index (χ1v) is 4.72. The van der Waals surface area contributed by atoms with E-state index in [-0.39, 0.29) is 5.15 Å². The quantitative estimate of drug-likeness (QED) is 0.787. The lowest BCUT2D eigenvalue weighted by molar-refractivity contribution is 0.262. The molecule has 0 spiro atoms. The van der Waals surface area contributed by atoms with E-state index in [2.05, 4.69) is 25.3 Å². The molecule has 0 aliphatic carbocycles. The summed E-state index contributed by atoms with van der Waals surface area (Å²) in [7, 11) is 0. The molecule has 0 aromatic carbocycles. The molecule has 0 aliphatic rings. The highest BCUT2D eigenvalue weighted by atomic mass is 35.5. The Bertz CT molecular complexity index is 486. The summed E-state index contributed by atoms with van der Waals surface area (Å²) in [5.41, 5.74) is 0.421. The Labute approximate surface area is 95.6 Å². The van der Waals surface area contributed by atoms with Crippen molar-refractivity contribution in [3.63, 3.8) is 0 Å². The van der Waals surface area contributed by atoms with Crippen LogP contribution in [0.2, 0.25) is 5.15 Å². The van der Waals surface area contributed by atoms with E-state index in [9.17, 15) is 4.79 Å². The highest BCUT2D eigenvalue weighted by molar-refractivity contribution is 6.32. The normalized spacial score (nSPS) is 9.81. The van der Waals surface area contributed by atoms with Gasteiger partial charge in [-0.25, -0.2) is 9.78 Å². The second kappa shape index (κ2) is 4.63. The van der Waals surface area contributed by atoms with Crippen molar-refractivity contribution in [2.45, 2.75) is 0 Å². The Balaban J connectivity index is 2.00. The number of rotatable bonds is 2. The lowest BCUT2D eigenvalue weighted by atomic mass is 10.4. The van der Waals surface area contributed by atoms with Crippen LogP contribution in [0.15, 0.2) is 35.2 Å². The van der Waals surface area contributed by atoms with Crippen LogP contribution in [-0.4, -0.2) is 16.2 Å². The molecule has 2 rings (SSSR count). The molecule has 2 N–H and O–H groups in total. The van der Waals surface area contributed by atoms with Gasteiger partial charge in [0.2, 0.25) is 0 Å². The molecule has 0 saturated heterocycles. The topological polar surface area (TPSA) is 80.0 Å². The van der Waals surface area contributed by atoms with Gasteiger partial charge >= 0.3 is 6.03 Å². The van der Waals surface area contributed by atoms with Crippen LogP contribution in [0.25, 0.3) is 0 Å². The van der Waals surface area contributed by atoms with E-state index in [1.807, 2.05) is 0 Å². The number of pyridine rings is 1. The van der Waals surface area contributed by atoms with Crippen LogP contribution >= 0.6 is 11.6 Å². The Morgan fingerprint density at radius 2 is 2.25 bits per heavy atom. The molecular weight excluding hydrogens is 232 g/mol. The molecule has 0 radical (unpaired) electrons. The summed E-state index contributed by atoms with van der Waals surface area (Å²) < 4.78 is 4.56. The maximum atomic E-state index is 11.4. The first-order valence-electron chi connectivity index (χ1n) is 4.34. The summed E-state index contributed by atoms with van der Waals surface area (Å²) in [6.45, 7) is 0. The van der Waals surface area contributed by atoms with Crippen molar-refractivity contribution in [2.24, 2.45) is 0 Å². The summed E-state index contributed by atoms with van der Waals surface area (Å²) in [5, 5.41) is 8.72. The molecule has 0 fully saturated rings. The van der Waals surface area contributed by atoms with Gasteiger partial charge < -0.3 is 9.84 Å². The van der Waals surface area contributed by atoms with Crippen LogP contribution in [0.4, 0.5) is 16.3 Å². The van der Waals surface area contributed by atoms with Crippen LogP contribution in [0, 0.1) is 0 Å². The minimum atomic E-state index is -0.469. The zero-order valence-electron chi connectivity index (χ0n) is 7.98. The SMILES string of the molecule is O=C(Nc1ccon1)Nc1cccnc1Cl. The number of carbonyl (C=O) groups excluding carboxylic acids is 1. The van der Waals surface area contributed by atoms with Crippen molar-refractivity contribution in [2.75, 3.05) is 10.6 Å². The molecule has 2 heterocycles. The number of aromatic nitrogens is 2. The van der Waals surface area contributed by atoms with Crippen LogP contribution < -0.4 is 10.6 Å². The van der Waals surface area contributed by atoms with E-state index in [1.54, 1.807) is 12.1 Å². The third-order valence-electron chi connectivity index (χ3n) is 1.69. The fourth-order valence-corrected chi connectivity index (χ4v) is 1.19. The van der Waals surface area contributed by atoms with Gasteiger partial charge in [-0.3, -0.25) is 5.32 Å². The zero-order chi connectivity index (χ0) is 11.4. The minimum Gasteiger partial charge on any atom is -0.363 e. The van der Waals surface area contributed by atoms with E-state index in [1.165, 1.54) is 18.5 Å². The monoisotopic (exact) mass is 238 g/mol. The molecule has 6 nitrogen and oxygen atoms in total. The standard InChI is InChI=1S/C9H7ClN4O2/c10-8-6(2-1-4-11-8)12-9(15)13-7-3-5-16-14-7/h1-5H,(H2,12,13,14,15). The Morgan fingerprint density at radius 3 is 2.94 bits per heavy atom. The smallest absolute Gasteiger partial charge is 0.325 e. The summed E-state index contributed by atoms with van der Waals surface area (Å²) in [6.07, 6.45) is 2.88. The minimum absolute atomic E-state index is 0.220. The molecular formula is C9H7ClN4O2. The van der Waals surface area contributed by atoms with Crippen molar-refractivity contribution >= 4 is 29.1 Å². The number of amides is 2. The van der Waals surface area contributed by atoms with Crippen LogP contribution in [0.5, 0.6) is 0 Å². The molecule has 0 saturated carbocycles. The van der Waals surface area contributed by atoms with Gasteiger partial charge in [-0.1, -0.05) is 16.8 Å². The predicted molar refractivity (Wildman–Crippen MR) is 58.4 cm³/mol. The Hall–Kier alpha value is -2.08. The molecule has 7 heteroatoms. The summed E-state index contributed by atoms with van der Waals surface area (Å²) in [6, 6.07) is 4.35. The summed E-state index contributed by atoms with van der Waals surface area (Å²) in [5.74, 6) is 0.317. The maximum absolute atomic E-state index is 11.4. The van der Waals surface area contributed by atoms with E-state index >= 15 is 0 Å². The van der Waals surface area contributed by atoms with Crippen molar-refractivity contribution in [1.82, 2.24) is 10.1 Å². The lowest BCUT2D eigenvalue weighted by Gasteiger charge is -2.05. The highest BCUT2D eigenvalue weighted by Crippen LogP contribution is 2.17. The number of carbonyl (C=O) groups is 1. The average molecular weight is 239 g/mol. The summed E-state index contributed by atoms with van der Waals surface area (Å²) >= 11 is 5.76. The van der Waals surface area contributed by atoms with Crippen LogP contribution in [0.1, 0.15) is 0 Å². The average Bonchev–Trinajstić information content (AvgIpc) is 2.74. The second-order valence-electron chi connectivity index (χ2n) is 2.81. The molecule has 0 unspecified atom stereocenters. The molecule has 16 heavy (non-hydrogen) atoms. The van der Waals surface area contributed by atoms with E-state index < -0.39 is 6.03 Å². The zero-order valence-corrected chi connectivity index (χ0v) is 8.73. The largest absolute Gasteiger partial charge is 0.363 e. The van der Waals surface area contributed by atoms with Crippen molar-refractivity contribution < 1.29 is 9.32 Å². The van der Waals surface area contributed by atoms with Gasteiger partial charge in [0, 0.05) is 12.3 Å². The molecule has 2 aromatic rings. The van der Waals surface area contributed by atoms with Gasteiger partial charge in [-0.15, -0.1) is 0 Å². The van der Waals surface area contributed by atoms with Gasteiger partial charge in [0.15, 0.2) is 11.0 Å². The number of nitrogens with zero attached hydrogens (tertiary/aromatic N) is 2. The Kier molecular flexibility index (Phi) is 3.02.